The topological polar surface area (TPSA) is 92.3 Å². The average molecular weight is 483 g/mol. The Hall–Kier alpha value is -3.63. The summed E-state index contributed by atoms with van der Waals surface area (Å²) in [5.74, 6) is -1.12. The van der Waals surface area contributed by atoms with Gasteiger partial charge in [-0.2, -0.15) is 0 Å². The van der Waals surface area contributed by atoms with Crippen molar-refractivity contribution < 1.29 is 17.6 Å². The fourth-order valence-corrected chi connectivity index (χ4v) is 5.21. The molecular weight excluding hydrogens is 463 g/mol. The number of hydrogen-bond donors (Lipinski definition) is 1. The van der Waals surface area contributed by atoms with Crippen molar-refractivity contribution in [3.05, 3.63) is 90.2 Å². The van der Waals surface area contributed by atoms with Crippen molar-refractivity contribution in [1.82, 2.24) is 10.2 Å². The number of carbonyl (C=O) groups is 1. The molecule has 1 aromatic heterocycles. The fraction of sp³-hybridized carbons (Fsp3) is 0.0870. The van der Waals surface area contributed by atoms with E-state index in [4.69, 9.17) is 0 Å². The van der Waals surface area contributed by atoms with E-state index in [9.17, 15) is 17.6 Å². The Morgan fingerprint density at radius 1 is 0.970 bits per heavy atom. The second kappa shape index (κ2) is 9.47. The maximum absolute atomic E-state index is 13.4. The molecule has 0 radical (unpaired) electrons. The van der Waals surface area contributed by atoms with Crippen molar-refractivity contribution in [3.63, 3.8) is 0 Å². The van der Waals surface area contributed by atoms with Gasteiger partial charge in [-0.25, -0.2) is 12.8 Å². The number of anilines is 2. The first-order valence-corrected chi connectivity index (χ1v) is 12.1. The van der Waals surface area contributed by atoms with Crippen molar-refractivity contribution in [2.75, 3.05) is 16.2 Å². The number of rotatable bonds is 7. The van der Waals surface area contributed by atoms with Gasteiger partial charge in [-0.05, 0) is 43.3 Å². The number of aryl methyl sites for hydroxylation is 1. The molecule has 0 spiro atoms. The van der Waals surface area contributed by atoms with Crippen molar-refractivity contribution in [3.8, 4) is 10.6 Å². The number of nitrogens with one attached hydrogen (secondary N) is 1. The Morgan fingerprint density at radius 2 is 1.64 bits per heavy atom. The maximum atomic E-state index is 13.4. The molecule has 0 aliphatic heterocycles. The summed E-state index contributed by atoms with van der Waals surface area (Å²) in [6.07, 6.45) is 0. The lowest BCUT2D eigenvalue weighted by Gasteiger charge is -2.24. The van der Waals surface area contributed by atoms with E-state index < -0.39 is 28.3 Å². The van der Waals surface area contributed by atoms with Crippen LogP contribution in [0.3, 0.4) is 0 Å². The monoisotopic (exact) mass is 482 g/mol. The van der Waals surface area contributed by atoms with E-state index in [0.717, 1.165) is 27.6 Å². The second-order valence-corrected chi connectivity index (χ2v) is 9.97. The van der Waals surface area contributed by atoms with Crippen LogP contribution in [-0.4, -0.2) is 31.1 Å². The van der Waals surface area contributed by atoms with Crippen molar-refractivity contribution in [1.29, 1.82) is 0 Å². The van der Waals surface area contributed by atoms with Gasteiger partial charge in [0.25, 0.3) is 10.0 Å². The zero-order valence-electron chi connectivity index (χ0n) is 17.5. The Labute approximate surface area is 194 Å². The molecular formula is C23H19FN4O3S2. The second-order valence-electron chi connectivity index (χ2n) is 7.13. The molecule has 0 aliphatic rings. The zero-order chi connectivity index (χ0) is 23.4. The van der Waals surface area contributed by atoms with Gasteiger partial charge in [0.2, 0.25) is 11.0 Å². The normalized spacial score (nSPS) is 11.2. The third-order valence-electron chi connectivity index (χ3n) is 4.70. The molecule has 168 valence electrons. The lowest BCUT2D eigenvalue weighted by molar-refractivity contribution is -0.114. The molecule has 7 nitrogen and oxygen atoms in total. The van der Waals surface area contributed by atoms with E-state index in [-0.39, 0.29) is 15.7 Å². The van der Waals surface area contributed by atoms with Gasteiger partial charge in [0.15, 0.2) is 0 Å². The number of aromatic nitrogens is 2. The van der Waals surface area contributed by atoms with Crippen LogP contribution in [0.2, 0.25) is 0 Å². The van der Waals surface area contributed by atoms with Gasteiger partial charge in [-0.15, -0.1) is 10.2 Å². The molecule has 33 heavy (non-hydrogen) atoms. The third-order valence-corrected chi connectivity index (χ3v) is 7.38. The number of nitrogens with zero attached hydrogens (tertiary/aromatic N) is 3. The van der Waals surface area contributed by atoms with Crippen LogP contribution in [0.15, 0.2) is 83.8 Å². The molecule has 3 aromatic carbocycles. The molecule has 0 bridgehead atoms. The van der Waals surface area contributed by atoms with Gasteiger partial charge in [0.1, 0.15) is 17.4 Å². The first-order chi connectivity index (χ1) is 15.8. The van der Waals surface area contributed by atoms with Crippen LogP contribution in [0, 0.1) is 12.7 Å². The molecule has 0 aliphatic carbocycles. The van der Waals surface area contributed by atoms with Crippen molar-refractivity contribution in [2.45, 2.75) is 11.8 Å². The van der Waals surface area contributed by atoms with E-state index in [0.29, 0.717) is 5.01 Å². The van der Waals surface area contributed by atoms with Crippen molar-refractivity contribution >= 4 is 38.1 Å². The maximum Gasteiger partial charge on any atom is 0.264 e. The molecule has 10 heteroatoms. The van der Waals surface area contributed by atoms with E-state index in [1.807, 2.05) is 37.3 Å². The van der Waals surface area contributed by atoms with Crippen LogP contribution >= 0.6 is 11.3 Å². The van der Waals surface area contributed by atoms with Crippen molar-refractivity contribution in [2.24, 2.45) is 0 Å². The highest BCUT2D eigenvalue weighted by Crippen LogP contribution is 2.27. The van der Waals surface area contributed by atoms with Crippen LogP contribution in [-0.2, 0) is 14.8 Å². The first-order valence-electron chi connectivity index (χ1n) is 9.87. The highest BCUT2D eigenvalue weighted by atomic mass is 32.2. The van der Waals surface area contributed by atoms with E-state index >= 15 is 0 Å². The number of halogens is 1. The number of hydrogen-bond acceptors (Lipinski definition) is 6. The van der Waals surface area contributed by atoms with Gasteiger partial charge in [0, 0.05) is 5.56 Å². The summed E-state index contributed by atoms with van der Waals surface area (Å²) in [6.45, 7) is 1.31. The molecule has 0 fully saturated rings. The van der Waals surface area contributed by atoms with Crippen LogP contribution in [0.5, 0.6) is 0 Å². The SMILES string of the molecule is Cc1ccc(S(=O)(=O)N(CC(=O)Nc2nnc(-c3ccccc3)s2)c2ccc(F)cc2)cc1. The predicted molar refractivity (Wildman–Crippen MR) is 126 cm³/mol. The van der Waals surface area contributed by atoms with Crippen LogP contribution < -0.4 is 9.62 Å². The summed E-state index contributed by atoms with van der Waals surface area (Å²) >= 11 is 1.17. The van der Waals surface area contributed by atoms with Gasteiger partial charge < -0.3 is 0 Å². The molecule has 1 heterocycles. The van der Waals surface area contributed by atoms with Gasteiger partial charge in [-0.3, -0.25) is 14.4 Å². The van der Waals surface area contributed by atoms with Gasteiger partial charge >= 0.3 is 0 Å². The highest BCUT2D eigenvalue weighted by Gasteiger charge is 2.27. The molecule has 0 atom stereocenters. The lowest BCUT2D eigenvalue weighted by atomic mass is 10.2. The van der Waals surface area contributed by atoms with Crippen LogP contribution in [0.4, 0.5) is 15.2 Å². The van der Waals surface area contributed by atoms with Crippen LogP contribution in [0.25, 0.3) is 10.6 Å². The minimum Gasteiger partial charge on any atom is -0.299 e. The molecule has 4 rings (SSSR count). The summed E-state index contributed by atoms with van der Waals surface area (Å²) < 4.78 is 41.0. The van der Waals surface area contributed by atoms with E-state index in [1.165, 1.54) is 35.6 Å². The number of carbonyl (C=O) groups excluding carboxylic acids is 1. The Kier molecular flexibility index (Phi) is 6.47. The molecule has 0 unspecified atom stereocenters. The Morgan fingerprint density at radius 3 is 2.30 bits per heavy atom. The molecule has 0 saturated carbocycles. The fourth-order valence-electron chi connectivity index (χ4n) is 3.02. The first kappa shape index (κ1) is 22.6. The smallest absolute Gasteiger partial charge is 0.264 e. The van der Waals surface area contributed by atoms with E-state index in [2.05, 4.69) is 15.5 Å². The van der Waals surface area contributed by atoms with Gasteiger partial charge in [0.05, 0.1) is 10.6 Å². The Bertz CT molecular complexity index is 1360. The van der Waals surface area contributed by atoms with Gasteiger partial charge in [-0.1, -0.05) is 59.4 Å². The zero-order valence-corrected chi connectivity index (χ0v) is 19.1. The lowest BCUT2D eigenvalue weighted by Crippen LogP contribution is -2.38. The summed E-state index contributed by atoms with van der Waals surface area (Å²) in [6, 6.07) is 20.5. The Balaban J connectivity index is 1.59. The summed E-state index contributed by atoms with van der Waals surface area (Å²) in [5, 5.41) is 11.5. The predicted octanol–water partition coefficient (Wildman–Crippen LogP) is 4.49. The molecule has 1 amide bonds. The van der Waals surface area contributed by atoms with E-state index in [1.54, 1.807) is 12.1 Å². The standard InChI is InChI=1S/C23H19FN4O3S2/c1-16-7-13-20(14-8-16)33(30,31)28(19-11-9-18(24)10-12-19)15-21(29)25-23-27-26-22(32-23)17-5-3-2-4-6-17/h2-14H,15H2,1H3,(H,25,27,29). The molecule has 1 N–H and O–H groups in total. The summed E-state index contributed by atoms with van der Waals surface area (Å²) in [4.78, 5) is 12.8. The summed E-state index contributed by atoms with van der Waals surface area (Å²) in [5.41, 5.74) is 1.91. The highest BCUT2D eigenvalue weighted by molar-refractivity contribution is 7.92. The largest absolute Gasteiger partial charge is 0.299 e. The third kappa shape index (κ3) is 5.24. The minimum atomic E-state index is -4.09. The quantitative estimate of drug-likeness (QED) is 0.419. The van der Waals surface area contributed by atoms with Crippen LogP contribution in [0.1, 0.15) is 5.56 Å². The number of benzene rings is 3. The summed E-state index contributed by atoms with van der Waals surface area (Å²) in [7, 11) is -4.09. The number of sulfonamides is 1. The average Bonchev–Trinajstić information content (AvgIpc) is 3.27. The minimum absolute atomic E-state index is 0.0208. The molecule has 4 aromatic rings. The molecule has 0 saturated heterocycles. The number of amides is 1.